The second kappa shape index (κ2) is 5.04. The van der Waals surface area contributed by atoms with Crippen LogP contribution in [0.2, 0.25) is 0 Å². The van der Waals surface area contributed by atoms with E-state index >= 15 is 0 Å². The smallest absolute Gasteiger partial charge is 0.254 e. The molecule has 0 spiro atoms. The van der Waals surface area contributed by atoms with Crippen molar-refractivity contribution in [3.05, 3.63) is 29.6 Å². The van der Waals surface area contributed by atoms with Gasteiger partial charge in [0.1, 0.15) is 5.82 Å². The molecule has 1 aromatic carbocycles. The van der Waals surface area contributed by atoms with Gasteiger partial charge in [0.2, 0.25) is 10.0 Å². The number of benzene rings is 1. The molecule has 8 heteroatoms. The van der Waals surface area contributed by atoms with Gasteiger partial charge >= 0.3 is 0 Å². The molecule has 0 aromatic heterocycles. The zero-order chi connectivity index (χ0) is 15.2. The molecule has 2 heterocycles. The lowest BCUT2D eigenvalue weighted by atomic mass is 9.95. The number of carbonyl (C=O) groups is 1. The first kappa shape index (κ1) is 14.4. The fourth-order valence-corrected chi connectivity index (χ4v) is 3.42. The highest BCUT2D eigenvalue weighted by Gasteiger charge is 2.41. The van der Waals surface area contributed by atoms with Gasteiger partial charge in [-0.3, -0.25) is 4.79 Å². The number of hydrogen-bond donors (Lipinski definition) is 2. The van der Waals surface area contributed by atoms with E-state index in [9.17, 15) is 17.6 Å². The molecule has 21 heavy (non-hydrogen) atoms. The Balaban J connectivity index is 1.76. The Labute approximate surface area is 121 Å². The second-order valence-corrected chi connectivity index (χ2v) is 6.94. The number of fused-ring (bicyclic) bond motifs is 2. The lowest BCUT2D eigenvalue weighted by Crippen LogP contribution is -2.41. The Morgan fingerprint density at radius 1 is 1.38 bits per heavy atom. The quantitative estimate of drug-likeness (QED) is 0.850. The normalized spacial score (nSPS) is 27.8. The van der Waals surface area contributed by atoms with E-state index in [0.717, 1.165) is 37.5 Å². The number of primary sulfonamides is 1. The van der Waals surface area contributed by atoms with Crippen molar-refractivity contribution in [3.63, 3.8) is 0 Å². The minimum Gasteiger partial charge on any atom is -0.373 e. The van der Waals surface area contributed by atoms with E-state index in [-0.39, 0.29) is 28.7 Å². The fraction of sp³-hybridized carbons (Fsp3) is 0.462. The van der Waals surface area contributed by atoms with Crippen molar-refractivity contribution in [2.45, 2.75) is 42.4 Å². The summed E-state index contributed by atoms with van der Waals surface area (Å²) in [7, 11) is -3.99. The predicted octanol–water partition coefficient (Wildman–Crippen LogP) is 0.523. The maximum absolute atomic E-state index is 13.9. The lowest BCUT2D eigenvalue weighted by molar-refractivity contribution is 0.0838. The molecule has 114 valence electrons. The number of amides is 1. The maximum Gasteiger partial charge on any atom is 0.254 e. The third-order valence-electron chi connectivity index (χ3n) is 3.94. The van der Waals surface area contributed by atoms with Gasteiger partial charge in [0, 0.05) is 0 Å². The lowest BCUT2D eigenvalue weighted by Gasteiger charge is -2.20. The van der Waals surface area contributed by atoms with Crippen LogP contribution in [0.25, 0.3) is 0 Å². The molecule has 6 nitrogen and oxygen atoms in total. The minimum atomic E-state index is -3.99. The van der Waals surface area contributed by atoms with Crippen molar-refractivity contribution in [1.82, 2.24) is 5.32 Å². The van der Waals surface area contributed by atoms with E-state index in [1.54, 1.807) is 0 Å². The van der Waals surface area contributed by atoms with Gasteiger partial charge < -0.3 is 10.1 Å². The van der Waals surface area contributed by atoms with Crippen molar-refractivity contribution in [2.75, 3.05) is 0 Å². The van der Waals surface area contributed by atoms with Gasteiger partial charge in [0.15, 0.2) is 0 Å². The number of ether oxygens (including phenoxy) is 1. The van der Waals surface area contributed by atoms with Gasteiger partial charge in [-0.1, -0.05) is 0 Å². The Kier molecular flexibility index (Phi) is 3.46. The Morgan fingerprint density at radius 3 is 2.67 bits per heavy atom. The fourth-order valence-electron chi connectivity index (χ4n) is 2.89. The first-order chi connectivity index (χ1) is 9.84. The van der Waals surface area contributed by atoms with Gasteiger partial charge in [-0.25, -0.2) is 17.9 Å². The molecule has 2 bridgehead atoms. The molecule has 0 saturated carbocycles. The average Bonchev–Trinajstić information content (AvgIpc) is 2.99. The van der Waals surface area contributed by atoms with E-state index < -0.39 is 21.7 Å². The van der Waals surface area contributed by atoms with E-state index in [1.807, 2.05) is 0 Å². The van der Waals surface area contributed by atoms with Crippen LogP contribution < -0.4 is 10.5 Å². The Bertz CT molecular complexity index is 691. The van der Waals surface area contributed by atoms with Crippen LogP contribution in [0.3, 0.4) is 0 Å². The second-order valence-electron chi connectivity index (χ2n) is 5.38. The first-order valence-electron chi connectivity index (χ1n) is 6.63. The summed E-state index contributed by atoms with van der Waals surface area (Å²) in [6, 6.07) is 2.87. The van der Waals surface area contributed by atoms with Crippen LogP contribution in [0.15, 0.2) is 23.1 Å². The number of carbonyl (C=O) groups excluding carboxylic acids is 1. The van der Waals surface area contributed by atoms with Crippen molar-refractivity contribution in [2.24, 2.45) is 5.14 Å². The third-order valence-corrected chi connectivity index (χ3v) is 4.85. The predicted molar refractivity (Wildman–Crippen MR) is 71.5 cm³/mol. The number of rotatable bonds is 3. The van der Waals surface area contributed by atoms with Crippen LogP contribution in [-0.2, 0) is 14.8 Å². The molecule has 3 rings (SSSR count). The molecule has 2 aliphatic rings. The molecule has 2 fully saturated rings. The van der Waals surface area contributed by atoms with E-state index in [4.69, 9.17) is 9.88 Å². The molecular formula is C13H15FN2O4S. The summed E-state index contributed by atoms with van der Waals surface area (Å²) >= 11 is 0. The highest BCUT2D eigenvalue weighted by molar-refractivity contribution is 7.89. The summed E-state index contributed by atoms with van der Waals surface area (Å²) in [5.41, 5.74) is -0.204. The van der Waals surface area contributed by atoms with Crippen molar-refractivity contribution >= 4 is 15.9 Å². The highest BCUT2D eigenvalue weighted by Crippen LogP contribution is 2.34. The van der Waals surface area contributed by atoms with Crippen molar-refractivity contribution < 1.29 is 22.3 Å². The summed E-state index contributed by atoms with van der Waals surface area (Å²) in [4.78, 5) is 11.7. The zero-order valence-corrected chi connectivity index (χ0v) is 11.9. The number of nitrogens with one attached hydrogen (secondary N) is 1. The van der Waals surface area contributed by atoms with Crippen molar-refractivity contribution in [3.8, 4) is 0 Å². The molecule has 3 atom stereocenters. The molecule has 0 aliphatic carbocycles. The largest absolute Gasteiger partial charge is 0.373 e. The summed E-state index contributed by atoms with van der Waals surface area (Å²) in [5.74, 6) is -1.49. The molecule has 1 amide bonds. The van der Waals surface area contributed by atoms with Crippen LogP contribution >= 0.6 is 0 Å². The third kappa shape index (κ3) is 2.78. The summed E-state index contributed by atoms with van der Waals surface area (Å²) in [6.45, 7) is 0. The number of nitrogens with two attached hydrogens (primary N) is 1. The number of halogens is 1. The standard InChI is InChI=1S/C13H15FN2O4S/c14-10-6-8(21(15,18)19)2-3-9(10)13(17)16-11-5-7-1-4-12(11)20-7/h2-3,6-7,11-12H,1,4-5H2,(H,16,17)(H2,15,18,19). The molecule has 3 unspecified atom stereocenters. The van der Waals surface area contributed by atoms with Gasteiger partial charge in [0.05, 0.1) is 28.7 Å². The topological polar surface area (TPSA) is 98.5 Å². The van der Waals surface area contributed by atoms with E-state index in [1.165, 1.54) is 0 Å². The maximum atomic E-state index is 13.9. The van der Waals surface area contributed by atoms with Crippen LogP contribution in [0.1, 0.15) is 29.6 Å². The Morgan fingerprint density at radius 2 is 2.14 bits per heavy atom. The first-order valence-corrected chi connectivity index (χ1v) is 8.18. The monoisotopic (exact) mass is 314 g/mol. The van der Waals surface area contributed by atoms with Crippen LogP contribution in [0, 0.1) is 5.82 Å². The highest BCUT2D eigenvalue weighted by atomic mass is 32.2. The number of sulfonamides is 1. The molecule has 2 saturated heterocycles. The minimum absolute atomic E-state index is 0.00861. The van der Waals surface area contributed by atoms with Crippen LogP contribution in [0.5, 0.6) is 0 Å². The van der Waals surface area contributed by atoms with Gasteiger partial charge in [-0.05, 0) is 37.5 Å². The van der Waals surface area contributed by atoms with E-state index in [0.29, 0.717) is 0 Å². The van der Waals surface area contributed by atoms with Gasteiger partial charge in [-0.15, -0.1) is 0 Å². The van der Waals surface area contributed by atoms with Crippen LogP contribution in [-0.4, -0.2) is 32.6 Å². The summed E-state index contributed by atoms with van der Waals surface area (Å²) < 4.78 is 41.7. The SMILES string of the molecule is NS(=O)(=O)c1ccc(C(=O)NC2CC3CCC2O3)c(F)c1. The summed E-state index contributed by atoms with van der Waals surface area (Å²) in [5, 5.41) is 7.65. The average molecular weight is 314 g/mol. The summed E-state index contributed by atoms with van der Waals surface area (Å²) in [6.07, 6.45) is 2.78. The zero-order valence-electron chi connectivity index (χ0n) is 11.1. The molecule has 3 N–H and O–H groups in total. The Hall–Kier alpha value is -1.51. The molecule has 2 aliphatic heterocycles. The van der Waals surface area contributed by atoms with E-state index in [2.05, 4.69) is 5.32 Å². The van der Waals surface area contributed by atoms with Gasteiger partial charge in [0.25, 0.3) is 5.91 Å². The van der Waals surface area contributed by atoms with Crippen molar-refractivity contribution in [1.29, 1.82) is 0 Å². The van der Waals surface area contributed by atoms with Gasteiger partial charge in [-0.2, -0.15) is 0 Å². The van der Waals surface area contributed by atoms with Crippen LogP contribution in [0.4, 0.5) is 4.39 Å². The molecule has 1 aromatic rings. The molecule has 0 radical (unpaired) electrons. The number of hydrogen-bond acceptors (Lipinski definition) is 4. The molecular weight excluding hydrogens is 299 g/mol.